The summed E-state index contributed by atoms with van der Waals surface area (Å²) < 4.78 is 6.99. The van der Waals surface area contributed by atoms with E-state index >= 15 is 0 Å². The van der Waals surface area contributed by atoms with Gasteiger partial charge in [0.15, 0.2) is 0 Å². The molecule has 9 nitrogen and oxygen atoms in total. The number of nitrogens with zero attached hydrogens (tertiary/aromatic N) is 4. The number of fused-ring (bicyclic) bond motifs is 1. The molecule has 136 valence electrons. The number of furan rings is 1. The van der Waals surface area contributed by atoms with Crippen molar-refractivity contribution in [1.29, 1.82) is 0 Å². The van der Waals surface area contributed by atoms with Crippen LogP contribution in [0.5, 0.6) is 0 Å². The molecule has 3 heterocycles. The van der Waals surface area contributed by atoms with Crippen LogP contribution in [0.1, 0.15) is 45.3 Å². The molecule has 0 aliphatic carbocycles. The quantitative estimate of drug-likeness (QED) is 0.687. The largest absolute Gasteiger partial charge is 0.478 e. The number of carbonyl (C=O) groups is 2. The Hall–Kier alpha value is -3.23. The number of hydrogen-bond acceptors (Lipinski definition) is 6. The van der Waals surface area contributed by atoms with Gasteiger partial charge >= 0.3 is 5.97 Å². The summed E-state index contributed by atoms with van der Waals surface area (Å²) >= 11 is 0. The number of rotatable bonds is 6. The lowest BCUT2D eigenvalue weighted by Gasteiger charge is -2.10. The van der Waals surface area contributed by atoms with E-state index in [4.69, 9.17) is 9.52 Å². The molecule has 0 fully saturated rings. The Kier molecular flexibility index (Phi) is 4.70. The minimum Gasteiger partial charge on any atom is -0.478 e. The molecular weight excluding hydrogens is 338 g/mol. The van der Waals surface area contributed by atoms with E-state index in [0.717, 1.165) is 17.0 Å². The third-order valence-electron chi connectivity index (χ3n) is 4.25. The third-order valence-corrected chi connectivity index (χ3v) is 4.25. The highest BCUT2D eigenvalue weighted by Crippen LogP contribution is 2.16. The number of amides is 1. The first-order valence-electron chi connectivity index (χ1n) is 8.12. The van der Waals surface area contributed by atoms with Crippen LogP contribution in [0.15, 0.2) is 16.8 Å². The zero-order chi connectivity index (χ0) is 18.8. The van der Waals surface area contributed by atoms with Gasteiger partial charge in [-0.2, -0.15) is 10.1 Å². The Bertz CT molecular complexity index is 989. The number of nitrogens with one attached hydrogen (secondary N) is 1. The number of carboxylic acid groups (broad SMARTS) is 1. The molecule has 3 aromatic rings. The van der Waals surface area contributed by atoms with Crippen LogP contribution in [-0.4, -0.2) is 36.6 Å². The molecule has 0 unspecified atom stereocenters. The van der Waals surface area contributed by atoms with E-state index in [-0.39, 0.29) is 24.4 Å². The molecule has 0 spiro atoms. The fourth-order valence-corrected chi connectivity index (χ4v) is 2.87. The number of carbonyl (C=O) groups excluding carboxylic acids is 1. The Morgan fingerprint density at radius 1 is 1.31 bits per heavy atom. The van der Waals surface area contributed by atoms with Gasteiger partial charge in [-0.15, -0.1) is 0 Å². The number of carboxylic acids is 1. The third kappa shape index (κ3) is 3.41. The van der Waals surface area contributed by atoms with E-state index in [0.29, 0.717) is 23.7 Å². The molecule has 0 saturated heterocycles. The SMILES string of the molecule is Cc1nc2ncnn2c(C)c1CCC(=O)NCc1cc(C(=O)O)c(C)o1. The van der Waals surface area contributed by atoms with Gasteiger partial charge in [-0.05, 0) is 38.8 Å². The van der Waals surface area contributed by atoms with Gasteiger partial charge in [0.2, 0.25) is 5.91 Å². The van der Waals surface area contributed by atoms with Gasteiger partial charge in [0.05, 0.1) is 6.54 Å². The number of aromatic carboxylic acids is 1. The lowest BCUT2D eigenvalue weighted by atomic mass is 10.1. The summed E-state index contributed by atoms with van der Waals surface area (Å²) in [5.41, 5.74) is 2.79. The van der Waals surface area contributed by atoms with E-state index < -0.39 is 5.97 Å². The van der Waals surface area contributed by atoms with Gasteiger partial charge in [0.1, 0.15) is 23.4 Å². The fraction of sp³-hybridized carbons (Fsp3) is 0.353. The Labute approximate surface area is 149 Å². The second-order valence-corrected chi connectivity index (χ2v) is 6.00. The highest BCUT2D eigenvalue weighted by Gasteiger charge is 2.15. The first-order valence-corrected chi connectivity index (χ1v) is 8.12. The van der Waals surface area contributed by atoms with Crippen molar-refractivity contribution in [2.24, 2.45) is 0 Å². The molecule has 1 amide bonds. The van der Waals surface area contributed by atoms with Crippen molar-refractivity contribution < 1.29 is 19.1 Å². The molecule has 0 radical (unpaired) electrons. The average Bonchev–Trinajstić information content (AvgIpc) is 3.19. The molecular formula is C17H19N5O4. The first kappa shape index (κ1) is 17.6. The van der Waals surface area contributed by atoms with Gasteiger partial charge < -0.3 is 14.8 Å². The van der Waals surface area contributed by atoms with Crippen molar-refractivity contribution in [3.8, 4) is 0 Å². The molecule has 26 heavy (non-hydrogen) atoms. The predicted molar refractivity (Wildman–Crippen MR) is 90.8 cm³/mol. The van der Waals surface area contributed by atoms with Crippen LogP contribution < -0.4 is 5.32 Å². The van der Waals surface area contributed by atoms with E-state index in [9.17, 15) is 9.59 Å². The molecule has 0 aliphatic rings. The fourth-order valence-electron chi connectivity index (χ4n) is 2.87. The van der Waals surface area contributed by atoms with Crippen LogP contribution in [-0.2, 0) is 17.8 Å². The van der Waals surface area contributed by atoms with E-state index in [1.165, 1.54) is 12.4 Å². The summed E-state index contributed by atoms with van der Waals surface area (Å²) in [6.45, 7) is 5.52. The molecule has 9 heteroatoms. The second-order valence-electron chi connectivity index (χ2n) is 6.00. The van der Waals surface area contributed by atoms with Crippen LogP contribution in [0, 0.1) is 20.8 Å². The molecule has 3 aromatic heterocycles. The summed E-state index contributed by atoms with van der Waals surface area (Å²) in [6, 6.07) is 1.43. The topological polar surface area (TPSA) is 123 Å². The van der Waals surface area contributed by atoms with Crippen LogP contribution >= 0.6 is 0 Å². The van der Waals surface area contributed by atoms with E-state index in [1.807, 2.05) is 13.8 Å². The maximum absolute atomic E-state index is 12.1. The standard InChI is InChI=1S/C17H19N5O4/c1-9-13(10(2)22-17(21-9)19-8-20-22)4-5-15(23)18-7-12-6-14(16(24)25)11(3)26-12/h6,8H,4-5,7H2,1-3H3,(H,18,23)(H,24,25). The second kappa shape index (κ2) is 6.95. The van der Waals surface area contributed by atoms with E-state index in [1.54, 1.807) is 11.4 Å². The van der Waals surface area contributed by atoms with Crippen molar-refractivity contribution in [1.82, 2.24) is 24.9 Å². The minimum absolute atomic E-state index is 0.104. The van der Waals surface area contributed by atoms with Crippen LogP contribution in [0.25, 0.3) is 5.78 Å². The van der Waals surface area contributed by atoms with Crippen molar-refractivity contribution in [2.75, 3.05) is 0 Å². The Balaban J connectivity index is 1.61. The summed E-state index contributed by atoms with van der Waals surface area (Å²) in [4.78, 5) is 31.6. The van der Waals surface area contributed by atoms with Crippen molar-refractivity contribution in [3.05, 3.63) is 46.4 Å². The van der Waals surface area contributed by atoms with Gasteiger partial charge in [0, 0.05) is 17.8 Å². The highest BCUT2D eigenvalue weighted by molar-refractivity contribution is 5.88. The lowest BCUT2D eigenvalue weighted by molar-refractivity contribution is -0.121. The zero-order valence-electron chi connectivity index (χ0n) is 14.7. The highest BCUT2D eigenvalue weighted by atomic mass is 16.4. The van der Waals surface area contributed by atoms with Crippen molar-refractivity contribution in [3.63, 3.8) is 0 Å². The Morgan fingerprint density at radius 3 is 2.77 bits per heavy atom. The lowest BCUT2D eigenvalue weighted by Crippen LogP contribution is -2.23. The molecule has 0 atom stereocenters. The monoisotopic (exact) mass is 357 g/mol. The smallest absolute Gasteiger partial charge is 0.339 e. The normalized spacial score (nSPS) is 11.0. The van der Waals surface area contributed by atoms with Crippen molar-refractivity contribution in [2.45, 2.75) is 40.2 Å². The Morgan fingerprint density at radius 2 is 2.08 bits per heavy atom. The number of aromatic nitrogens is 4. The minimum atomic E-state index is -1.05. The average molecular weight is 357 g/mol. The number of aryl methyl sites for hydroxylation is 3. The summed E-state index contributed by atoms with van der Waals surface area (Å²) in [5.74, 6) is 0.0568. The van der Waals surface area contributed by atoms with E-state index in [2.05, 4.69) is 20.4 Å². The summed E-state index contributed by atoms with van der Waals surface area (Å²) in [5, 5.41) is 15.9. The summed E-state index contributed by atoms with van der Waals surface area (Å²) in [6.07, 6.45) is 2.24. The molecule has 0 saturated carbocycles. The van der Waals surface area contributed by atoms with Gasteiger partial charge in [0.25, 0.3) is 5.78 Å². The number of hydrogen-bond donors (Lipinski definition) is 2. The van der Waals surface area contributed by atoms with Gasteiger partial charge in [-0.1, -0.05) is 0 Å². The molecule has 0 aromatic carbocycles. The van der Waals surface area contributed by atoms with Crippen LogP contribution in [0.4, 0.5) is 0 Å². The molecule has 0 bridgehead atoms. The molecule has 0 aliphatic heterocycles. The maximum atomic E-state index is 12.1. The van der Waals surface area contributed by atoms with Crippen molar-refractivity contribution >= 4 is 17.7 Å². The molecule has 3 rings (SSSR count). The predicted octanol–water partition coefficient (Wildman–Crippen LogP) is 1.59. The van der Waals surface area contributed by atoms with Crippen LogP contribution in [0.3, 0.4) is 0 Å². The summed E-state index contributed by atoms with van der Waals surface area (Å²) in [7, 11) is 0. The van der Waals surface area contributed by atoms with Gasteiger partial charge in [-0.25, -0.2) is 14.3 Å². The van der Waals surface area contributed by atoms with Gasteiger partial charge in [-0.3, -0.25) is 4.79 Å². The zero-order valence-corrected chi connectivity index (χ0v) is 14.7. The molecule has 2 N–H and O–H groups in total. The first-order chi connectivity index (χ1) is 12.4. The van der Waals surface area contributed by atoms with Crippen LogP contribution in [0.2, 0.25) is 0 Å². The maximum Gasteiger partial charge on any atom is 0.339 e.